The van der Waals surface area contributed by atoms with Crippen molar-refractivity contribution in [2.24, 2.45) is 5.92 Å². The number of carboxylic acids is 1. The first-order valence-electron chi connectivity index (χ1n) is 8.98. The fraction of sp³-hybridized carbons (Fsp3) is 0.381. The van der Waals surface area contributed by atoms with E-state index < -0.39 is 5.97 Å². The van der Waals surface area contributed by atoms with E-state index in [0.29, 0.717) is 43.0 Å². The summed E-state index contributed by atoms with van der Waals surface area (Å²) in [6.45, 7) is 1.18. The molecule has 27 heavy (non-hydrogen) atoms. The molecule has 144 valence electrons. The van der Waals surface area contributed by atoms with Gasteiger partial charge in [0, 0.05) is 5.56 Å². The molecule has 3 rings (SSSR count). The number of hydrogen-bond donors (Lipinski definition) is 1. The Morgan fingerprint density at radius 2 is 1.78 bits per heavy atom. The van der Waals surface area contributed by atoms with Crippen molar-refractivity contribution < 1.29 is 23.8 Å². The second-order valence-corrected chi connectivity index (χ2v) is 6.69. The number of hydrogen-bond acceptors (Lipinski definition) is 4. The summed E-state index contributed by atoms with van der Waals surface area (Å²) in [5.41, 5.74) is 1.45. The van der Waals surface area contributed by atoms with Crippen LogP contribution in [0, 0.1) is 11.7 Å². The summed E-state index contributed by atoms with van der Waals surface area (Å²) in [5.74, 6) is -0.191. The van der Waals surface area contributed by atoms with E-state index in [1.165, 1.54) is 6.07 Å². The molecule has 0 saturated carbocycles. The minimum absolute atomic E-state index is 0.280. The number of methoxy groups -OCH3 is 2. The second kappa shape index (κ2) is 8.39. The van der Waals surface area contributed by atoms with Crippen LogP contribution in [0.25, 0.3) is 0 Å². The van der Waals surface area contributed by atoms with Crippen LogP contribution < -0.4 is 9.47 Å². The molecule has 0 radical (unpaired) electrons. The smallest absolute Gasteiger partial charge is 0.306 e. The Bertz CT molecular complexity index is 803. The molecule has 1 aliphatic heterocycles. The van der Waals surface area contributed by atoms with Crippen LogP contribution in [0.2, 0.25) is 0 Å². The molecular formula is C21H24FNO4. The summed E-state index contributed by atoms with van der Waals surface area (Å²) in [4.78, 5) is 13.4. The molecule has 1 atom stereocenters. The van der Waals surface area contributed by atoms with E-state index in [0.717, 1.165) is 5.56 Å². The monoisotopic (exact) mass is 373 g/mol. The van der Waals surface area contributed by atoms with Gasteiger partial charge < -0.3 is 14.6 Å². The van der Waals surface area contributed by atoms with Crippen molar-refractivity contribution in [2.45, 2.75) is 18.9 Å². The quantitative estimate of drug-likeness (QED) is 0.836. The standard InChI is InChI=1S/C21H24FNO4/c1-26-18-8-7-15(13-19(18)27-2)20(16-5-3-4-6-17(16)22)23-11-9-14(10-12-23)21(24)25/h3-8,13-14,20H,9-12H2,1-2H3,(H,24,25). The third-order valence-corrected chi connectivity index (χ3v) is 5.17. The van der Waals surface area contributed by atoms with Crippen LogP contribution in [-0.2, 0) is 4.79 Å². The molecule has 1 aliphatic rings. The first kappa shape index (κ1) is 19.2. The minimum Gasteiger partial charge on any atom is -0.493 e. The number of aliphatic carboxylic acids is 1. The Morgan fingerprint density at radius 3 is 2.37 bits per heavy atom. The van der Waals surface area contributed by atoms with Crippen LogP contribution in [0.4, 0.5) is 4.39 Å². The van der Waals surface area contributed by atoms with Gasteiger partial charge in [0.25, 0.3) is 0 Å². The van der Waals surface area contributed by atoms with Gasteiger partial charge in [-0.05, 0) is 49.7 Å². The highest BCUT2D eigenvalue weighted by Gasteiger charge is 2.31. The summed E-state index contributed by atoms with van der Waals surface area (Å²) in [7, 11) is 3.14. The fourth-order valence-corrected chi connectivity index (χ4v) is 3.71. The topological polar surface area (TPSA) is 59.0 Å². The van der Waals surface area contributed by atoms with E-state index >= 15 is 0 Å². The van der Waals surface area contributed by atoms with Crippen LogP contribution in [0.5, 0.6) is 11.5 Å². The molecule has 0 bridgehead atoms. The van der Waals surface area contributed by atoms with Crippen molar-refractivity contribution in [1.82, 2.24) is 4.90 Å². The Morgan fingerprint density at radius 1 is 1.11 bits per heavy atom. The lowest BCUT2D eigenvalue weighted by Gasteiger charge is -2.37. The SMILES string of the molecule is COc1ccc(C(c2ccccc2F)N2CCC(C(=O)O)CC2)cc1OC. The predicted octanol–water partition coefficient (Wildman–Crippen LogP) is 3.73. The molecule has 1 heterocycles. The first-order valence-corrected chi connectivity index (χ1v) is 8.98. The van der Waals surface area contributed by atoms with Crippen molar-refractivity contribution in [3.05, 3.63) is 59.4 Å². The van der Waals surface area contributed by atoms with Crippen molar-refractivity contribution in [3.8, 4) is 11.5 Å². The number of rotatable bonds is 6. The van der Waals surface area contributed by atoms with Gasteiger partial charge in [-0.15, -0.1) is 0 Å². The highest BCUT2D eigenvalue weighted by atomic mass is 19.1. The van der Waals surface area contributed by atoms with Gasteiger partial charge in [-0.25, -0.2) is 4.39 Å². The van der Waals surface area contributed by atoms with Gasteiger partial charge in [0.1, 0.15) is 5.82 Å². The van der Waals surface area contributed by atoms with Gasteiger partial charge in [0.2, 0.25) is 0 Å². The molecule has 1 saturated heterocycles. The Balaban J connectivity index is 1.99. The van der Waals surface area contributed by atoms with Crippen molar-refractivity contribution in [2.75, 3.05) is 27.3 Å². The van der Waals surface area contributed by atoms with Gasteiger partial charge >= 0.3 is 5.97 Å². The largest absolute Gasteiger partial charge is 0.493 e. The van der Waals surface area contributed by atoms with Gasteiger partial charge in [0.05, 0.1) is 26.2 Å². The van der Waals surface area contributed by atoms with E-state index in [9.17, 15) is 14.3 Å². The maximum Gasteiger partial charge on any atom is 0.306 e. The predicted molar refractivity (Wildman–Crippen MR) is 99.7 cm³/mol. The van der Waals surface area contributed by atoms with Crippen molar-refractivity contribution in [1.29, 1.82) is 0 Å². The molecule has 1 N–H and O–H groups in total. The number of nitrogens with zero attached hydrogens (tertiary/aromatic N) is 1. The summed E-state index contributed by atoms with van der Waals surface area (Å²) in [6, 6.07) is 12.0. The van der Waals surface area contributed by atoms with E-state index in [-0.39, 0.29) is 17.8 Å². The van der Waals surface area contributed by atoms with Gasteiger partial charge in [-0.1, -0.05) is 24.3 Å². The zero-order valence-corrected chi connectivity index (χ0v) is 15.5. The van der Waals surface area contributed by atoms with Gasteiger partial charge in [0.15, 0.2) is 11.5 Å². The van der Waals surface area contributed by atoms with E-state index in [2.05, 4.69) is 4.90 Å². The lowest BCUT2D eigenvalue weighted by molar-refractivity contribution is -0.143. The van der Waals surface area contributed by atoms with Crippen LogP contribution in [0.3, 0.4) is 0 Å². The molecule has 5 nitrogen and oxygen atoms in total. The first-order chi connectivity index (χ1) is 13.0. The summed E-state index contributed by atoms with van der Waals surface area (Å²) < 4.78 is 25.4. The molecule has 0 aliphatic carbocycles. The number of piperidine rings is 1. The fourth-order valence-electron chi connectivity index (χ4n) is 3.71. The zero-order valence-electron chi connectivity index (χ0n) is 15.5. The number of halogens is 1. The van der Waals surface area contributed by atoms with Crippen LogP contribution in [-0.4, -0.2) is 43.3 Å². The van der Waals surface area contributed by atoms with E-state index in [1.54, 1.807) is 26.4 Å². The summed E-state index contributed by atoms with van der Waals surface area (Å²) in [5, 5.41) is 9.26. The zero-order chi connectivity index (χ0) is 19.4. The average Bonchev–Trinajstić information content (AvgIpc) is 2.70. The number of benzene rings is 2. The Kier molecular flexibility index (Phi) is 5.96. The lowest BCUT2D eigenvalue weighted by atomic mass is 9.91. The van der Waals surface area contributed by atoms with E-state index in [4.69, 9.17) is 9.47 Å². The summed E-state index contributed by atoms with van der Waals surface area (Å²) >= 11 is 0. The highest BCUT2D eigenvalue weighted by molar-refractivity contribution is 5.70. The average molecular weight is 373 g/mol. The van der Waals surface area contributed by atoms with Crippen LogP contribution in [0.1, 0.15) is 30.0 Å². The second-order valence-electron chi connectivity index (χ2n) is 6.69. The third-order valence-electron chi connectivity index (χ3n) is 5.17. The molecule has 6 heteroatoms. The number of carbonyl (C=O) groups is 1. The molecule has 2 aromatic rings. The maximum absolute atomic E-state index is 14.6. The summed E-state index contributed by atoms with van der Waals surface area (Å²) in [6.07, 6.45) is 1.10. The van der Waals surface area contributed by atoms with Crippen LogP contribution >= 0.6 is 0 Å². The molecule has 2 aromatic carbocycles. The maximum atomic E-state index is 14.6. The molecule has 1 fully saturated rings. The highest BCUT2D eigenvalue weighted by Crippen LogP contribution is 2.37. The molecule has 0 amide bonds. The van der Waals surface area contributed by atoms with Gasteiger partial charge in [-0.2, -0.15) is 0 Å². The molecular weight excluding hydrogens is 349 g/mol. The Hall–Kier alpha value is -2.60. The van der Waals surface area contributed by atoms with E-state index in [1.807, 2.05) is 24.3 Å². The van der Waals surface area contributed by atoms with Crippen molar-refractivity contribution in [3.63, 3.8) is 0 Å². The molecule has 0 spiro atoms. The third kappa shape index (κ3) is 4.06. The lowest BCUT2D eigenvalue weighted by Crippen LogP contribution is -2.39. The number of likely N-dealkylation sites (tertiary alicyclic amines) is 1. The number of ether oxygens (including phenoxy) is 2. The normalized spacial score (nSPS) is 16.7. The minimum atomic E-state index is -0.761. The van der Waals surface area contributed by atoms with Crippen molar-refractivity contribution >= 4 is 5.97 Å². The molecule has 0 aromatic heterocycles. The van der Waals surface area contributed by atoms with Gasteiger partial charge in [-0.3, -0.25) is 9.69 Å². The Labute approximate surface area is 158 Å². The van der Waals surface area contributed by atoms with Crippen LogP contribution in [0.15, 0.2) is 42.5 Å². The molecule has 1 unspecified atom stereocenters. The number of carboxylic acid groups (broad SMARTS) is 1.